The number of nitrogens with zero attached hydrogens (tertiary/aromatic N) is 3. The van der Waals surface area contributed by atoms with Crippen LogP contribution in [0.15, 0.2) is 140 Å². The lowest BCUT2D eigenvalue weighted by Gasteiger charge is -2.23. The van der Waals surface area contributed by atoms with Gasteiger partial charge in [-0.3, -0.25) is 0 Å². The first-order chi connectivity index (χ1) is 23.3. The van der Waals surface area contributed by atoms with Crippen LogP contribution in [0.4, 0.5) is 5.69 Å². The molecule has 48 heavy (non-hydrogen) atoms. The van der Waals surface area contributed by atoms with Crippen molar-refractivity contribution in [1.82, 2.24) is 8.88 Å². The minimum Gasteiger partial charge on any atom is -0.456 e. The Labute approximate surface area is 292 Å². The summed E-state index contributed by atoms with van der Waals surface area (Å²) in [4.78, 5) is 4.90. The molecular weight excluding hydrogens is 655 g/mol. The van der Waals surface area contributed by atoms with Gasteiger partial charge in [0.15, 0.2) is 5.88 Å². The van der Waals surface area contributed by atoms with E-state index in [9.17, 15) is 8.42 Å². The molecule has 0 fully saturated rings. The summed E-state index contributed by atoms with van der Waals surface area (Å²) >= 11 is 3.53. The summed E-state index contributed by atoms with van der Waals surface area (Å²) in [5.41, 5.74) is 4.07. The first-order valence-corrected chi connectivity index (χ1v) is 19.4. The van der Waals surface area contributed by atoms with Crippen molar-refractivity contribution < 1.29 is 12.8 Å². The summed E-state index contributed by atoms with van der Waals surface area (Å²) in [6.07, 6.45) is 0. The number of anilines is 1. The second kappa shape index (κ2) is 15.0. The molecule has 0 atom stereocenters. The fraction of sp³-hybridized carbons (Fsp3) is 0.205. The highest BCUT2D eigenvalue weighted by Crippen LogP contribution is 2.43. The molecule has 1 heterocycles. The van der Waals surface area contributed by atoms with E-state index in [1.165, 1.54) is 14.1 Å². The molecule has 0 saturated heterocycles. The summed E-state index contributed by atoms with van der Waals surface area (Å²) < 4.78 is 38.4. The van der Waals surface area contributed by atoms with Crippen LogP contribution in [-0.2, 0) is 10.0 Å². The van der Waals surface area contributed by atoms with E-state index in [1.807, 2.05) is 62.4 Å². The van der Waals surface area contributed by atoms with Gasteiger partial charge >= 0.3 is 0 Å². The zero-order valence-electron chi connectivity index (χ0n) is 27.7. The van der Waals surface area contributed by atoms with Crippen LogP contribution in [0.25, 0.3) is 33.4 Å². The Bertz CT molecular complexity index is 2160. The molecule has 4 aromatic rings. The largest absolute Gasteiger partial charge is 0.456 e. The highest BCUT2D eigenvalue weighted by atomic mass is 32.2. The summed E-state index contributed by atoms with van der Waals surface area (Å²) in [6.45, 7) is 4.54. The molecule has 0 saturated carbocycles. The Hall–Kier alpha value is -4.02. The van der Waals surface area contributed by atoms with Crippen LogP contribution in [-0.4, -0.2) is 51.7 Å². The Balaban J connectivity index is 1.51. The Morgan fingerprint density at radius 2 is 1.38 bits per heavy atom. The maximum atomic E-state index is 14.0. The third kappa shape index (κ3) is 7.20. The highest BCUT2D eigenvalue weighted by Gasteiger charge is 2.28. The van der Waals surface area contributed by atoms with Crippen LogP contribution in [0.1, 0.15) is 13.8 Å². The molecule has 0 radical (unpaired) electrons. The molecule has 0 aromatic heterocycles. The van der Waals surface area contributed by atoms with Gasteiger partial charge in [-0.1, -0.05) is 80.2 Å². The lowest BCUT2D eigenvalue weighted by atomic mass is 9.93. The smallest absolute Gasteiger partial charge is 0.243 e. The molecule has 0 bridgehead atoms. The van der Waals surface area contributed by atoms with E-state index >= 15 is 0 Å². The van der Waals surface area contributed by atoms with E-state index in [0.29, 0.717) is 34.9 Å². The second-order valence-electron chi connectivity index (χ2n) is 11.5. The summed E-state index contributed by atoms with van der Waals surface area (Å²) in [5.74, 6) is 2.21. The summed E-state index contributed by atoms with van der Waals surface area (Å²) in [6, 6.07) is 40.5. The number of thioether (sulfide) groups is 2. The fourth-order valence-corrected chi connectivity index (χ4v) is 9.10. The molecule has 6 rings (SSSR count). The fourth-order valence-electron chi connectivity index (χ4n) is 5.76. The van der Waals surface area contributed by atoms with Crippen molar-refractivity contribution in [3.05, 3.63) is 127 Å². The molecular formula is C39H40N3O3S3+. The molecule has 9 heteroatoms. The zero-order valence-corrected chi connectivity index (χ0v) is 30.1. The maximum absolute atomic E-state index is 14.0. The number of hydrogen-bond acceptors (Lipinski definition) is 6. The Morgan fingerprint density at radius 3 is 2.06 bits per heavy atom. The van der Waals surface area contributed by atoms with Crippen LogP contribution in [0.2, 0.25) is 0 Å². The molecule has 0 N–H and O–H groups in total. The molecule has 246 valence electrons. The quantitative estimate of drug-likeness (QED) is 0.0554. The Kier molecular flexibility index (Phi) is 10.6. The van der Waals surface area contributed by atoms with Crippen LogP contribution < -0.4 is 14.8 Å². The topological polar surface area (TPSA) is 56.8 Å². The van der Waals surface area contributed by atoms with Gasteiger partial charge in [-0.15, -0.1) is 11.8 Å². The van der Waals surface area contributed by atoms with Gasteiger partial charge in [0.05, 0.1) is 16.8 Å². The van der Waals surface area contributed by atoms with Crippen molar-refractivity contribution in [3.8, 4) is 22.5 Å². The summed E-state index contributed by atoms with van der Waals surface area (Å²) in [7, 11) is 0.397. The van der Waals surface area contributed by atoms with Crippen molar-refractivity contribution in [2.45, 2.75) is 28.5 Å². The predicted molar refractivity (Wildman–Crippen MR) is 202 cm³/mol. The van der Waals surface area contributed by atoms with Crippen molar-refractivity contribution in [2.75, 3.05) is 43.8 Å². The molecule has 0 amide bonds. The van der Waals surface area contributed by atoms with Gasteiger partial charge in [-0.2, -0.15) is 4.31 Å². The van der Waals surface area contributed by atoms with Gasteiger partial charge in [0.25, 0.3) is 0 Å². The van der Waals surface area contributed by atoms with Crippen LogP contribution >= 0.6 is 23.5 Å². The predicted octanol–water partition coefficient (Wildman–Crippen LogP) is 8.57. The number of benzene rings is 5. The van der Waals surface area contributed by atoms with E-state index in [4.69, 9.17) is 4.42 Å². The van der Waals surface area contributed by atoms with E-state index in [0.717, 1.165) is 39.3 Å². The summed E-state index contributed by atoms with van der Waals surface area (Å²) in [5, 5.41) is 1.87. The second-order valence-corrected chi connectivity index (χ2v) is 15.4. The Morgan fingerprint density at radius 1 is 0.729 bits per heavy atom. The van der Waals surface area contributed by atoms with Crippen molar-refractivity contribution >= 4 is 50.2 Å². The highest BCUT2D eigenvalue weighted by molar-refractivity contribution is 7.99. The lowest BCUT2D eigenvalue weighted by Crippen LogP contribution is -2.31. The minimum atomic E-state index is -3.75. The molecule has 0 spiro atoms. The zero-order chi connectivity index (χ0) is 33.7. The monoisotopic (exact) mass is 694 g/mol. The van der Waals surface area contributed by atoms with Gasteiger partial charge in [0, 0.05) is 69.8 Å². The molecule has 1 aliphatic carbocycles. The third-order valence-electron chi connectivity index (χ3n) is 8.39. The average Bonchev–Trinajstić information content (AvgIpc) is 3.12. The van der Waals surface area contributed by atoms with Gasteiger partial charge in [0.2, 0.25) is 15.4 Å². The van der Waals surface area contributed by atoms with Crippen LogP contribution in [0.3, 0.4) is 0 Å². The van der Waals surface area contributed by atoms with Crippen molar-refractivity contribution in [3.63, 3.8) is 0 Å². The van der Waals surface area contributed by atoms with E-state index in [1.54, 1.807) is 35.7 Å². The van der Waals surface area contributed by atoms with E-state index in [2.05, 4.69) is 84.2 Å². The van der Waals surface area contributed by atoms with Crippen LogP contribution in [0, 0.1) is 0 Å². The SMILES string of the molecule is CCN(CC)S(=O)(=O)c1ccccc1-c1c2cc/c(=[N+](\C)CSc3ccccc3)cc-2oc2cc(N(C)CSc3ccccc3)ccc12. The van der Waals surface area contributed by atoms with Gasteiger partial charge < -0.3 is 9.32 Å². The van der Waals surface area contributed by atoms with E-state index in [-0.39, 0.29) is 0 Å². The van der Waals surface area contributed by atoms with Crippen LogP contribution in [0.5, 0.6) is 0 Å². The maximum Gasteiger partial charge on any atom is 0.243 e. The molecule has 2 aliphatic rings. The molecule has 0 unspecified atom stereocenters. The standard InChI is InChI=1S/C39H40N3O3S3/c1-5-42(6-2)48(43,44)38-20-14-13-19-35(38)39-33-23-21-29(40(3)27-46-31-15-9-7-10-16-31)25-36(33)45-37-26-30(22-24-34(37)39)41(4)28-47-32-17-11-8-12-18-32/h7-26H,5-6,27-28H2,1-4H3/q+1. The van der Waals surface area contributed by atoms with Crippen molar-refractivity contribution in [2.24, 2.45) is 0 Å². The minimum absolute atomic E-state index is 0.295. The normalized spacial score (nSPS) is 12.5. The van der Waals surface area contributed by atoms with Crippen molar-refractivity contribution in [1.29, 1.82) is 0 Å². The van der Waals surface area contributed by atoms with Gasteiger partial charge in [-0.05, 0) is 48.5 Å². The average molecular weight is 695 g/mol. The number of sulfonamides is 1. The van der Waals surface area contributed by atoms with Gasteiger partial charge in [0.1, 0.15) is 18.4 Å². The molecule has 4 aromatic carbocycles. The molecule has 6 nitrogen and oxygen atoms in total. The van der Waals surface area contributed by atoms with E-state index < -0.39 is 10.0 Å². The first kappa shape index (κ1) is 33.9. The molecule has 1 aliphatic heterocycles. The number of rotatable bonds is 12. The third-order valence-corrected chi connectivity index (χ3v) is 12.7. The lowest BCUT2D eigenvalue weighted by molar-refractivity contribution is 0.445. The first-order valence-electron chi connectivity index (χ1n) is 16.0. The van der Waals surface area contributed by atoms with Gasteiger partial charge in [-0.25, -0.2) is 13.0 Å². The number of fused-ring (bicyclic) bond motifs is 2. The number of hydrogen-bond donors (Lipinski definition) is 0.